The van der Waals surface area contributed by atoms with E-state index in [1.54, 1.807) is 0 Å². The van der Waals surface area contributed by atoms with E-state index in [-0.39, 0.29) is 11.8 Å². The predicted octanol–water partition coefficient (Wildman–Crippen LogP) is 3.26. The molecule has 0 saturated carbocycles. The average molecular weight is 548 g/mol. The molecule has 0 bridgehead atoms. The van der Waals surface area contributed by atoms with Crippen molar-refractivity contribution in [2.24, 2.45) is 0 Å². The standard InChI is InChI=1S/C29H37N7O2S/c37-26(21-23-8-3-1-4-9-23)31-28-32-33-29(39-28)36-18-16-35(17-19-36)22-24-10-7-11-25(20-24)27(38)30-12-15-34-13-5-2-6-14-34/h1,3-4,7-11,20H,2,5-6,12-19,21-22H2,(H,30,38)(H,31,32,37). The van der Waals surface area contributed by atoms with Gasteiger partial charge in [-0.2, -0.15) is 0 Å². The minimum atomic E-state index is -0.0911. The summed E-state index contributed by atoms with van der Waals surface area (Å²) >= 11 is 1.41. The molecular formula is C29H37N7O2S. The van der Waals surface area contributed by atoms with E-state index in [0.717, 1.165) is 74.2 Å². The molecule has 39 heavy (non-hydrogen) atoms. The van der Waals surface area contributed by atoms with Crippen molar-refractivity contribution >= 4 is 33.4 Å². The summed E-state index contributed by atoms with van der Waals surface area (Å²) in [6.07, 6.45) is 4.16. The number of amides is 2. The van der Waals surface area contributed by atoms with Crippen molar-refractivity contribution in [3.8, 4) is 0 Å². The fourth-order valence-corrected chi connectivity index (χ4v) is 5.93. The Kier molecular flexibility index (Phi) is 9.52. The number of carbonyl (C=O) groups is 2. The molecular weight excluding hydrogens is 510 g/mol. The summed E-state index contributed by atoms with van der Waals surface area (Å²) in [5, 5.41) is 15.8. The number of carbonyl (C=O) groups excluding carboxylic acids is 2. The molecule has 0 spiro atoms. The van der Waals surface area contributed by atoms with Crippen LogP contribution in [-0.2, 0) is 17.8 Å². The fourth-order valence-electron chi connectivity index (χ4n) is 5.12. The molecule has 10 heteroatoms. The Bertz CT molecular complexity index is 1220. The number of hydrogen-bond donors (Lipinski definition) is 2. The highest BCUT2D eigenvalue weighted by Crippen LogP contribution is 2.25. The maximum Gasteiger partial charge on any atom is 0.251 e. The number of nitrogens with zero attached hydrogens (tertiary/aromatic N) is 5. The van der Waals surface area contributed by atoms with Crippen molar-refractivity contribution in [2.45, 2.75) is 32.2 Å². The van der Waals surface area contributed by atoms with Crippen LogP contribution in [0.5, 0.6) is 0 Å². The lowest BCUT2D eigenvalue weighted by Crippen LogP contribution is -2.46. The second-order valence-electron chi connectivity index (χ2n) is 10.2. The molecule has 2 amide bonds. The van der Waals surface area contributed by atoms with Gasteiger partial charge in [-0.15, -0.1) is 10.2 Å². The second-order valence-corrected chi connectivity index (χ2v) is 11.2. The molecule has 2 N–H and O–H groups in total. The topological polar surface area (TPSA) is 93.7 Å². The molecule has 0 aliphatic carbocycles. The van der Waals surface area contributed by atoms with E-state index >= 15 is 0 Å². The third kappa shape index (κ3) is 8.08. The number of piperidine rings is 1. The first-order chi connectivity index (χ1) is 19.1. The third-order valence-electron chi connectivity index (χ3n) is 7.27. The largest absolute Gasteiger partial charge is 0.351 e. The highest BCUT2D eigenvalue weighted by molar-refractivity contribution is 7.19. The highest BCUT2D eigenvalue weighted by Gasteiger charge is 2.21. The molecule has 5 rings (SSSR count). The Labute approximate surface area is 234 Å². The summed E-state index contributed by atoms with van der Waals surface area (Å²) in [7, 11) is 0. The molecule has 2 fully saturated rings. The normalized spacial score (nSPS) is 16.7. The van der Waals surface area contributed by atoms with Gasteiger partial charge in [-0.25, -0.2) is 0 Å². The minimum absolute atomic E-state index is 0.00149. The smallest absolute Gasteiger partial charge is 0.251 e. The number of aromatic nitrogens is 2. The molecule has 3 aromatic rings. The van der Waals surface area contributed by atoms with Gasteiger partial charge < -0.3 is 20.4 Å². The van der Waals surface area contributed by atoms with Crippen LogP contribution >= 0.6 is 11.3 Å². The molecule has 1 aromatic heterocycles. The van der Waals surface area contributed by atoms with Crippen LogP contribution < -0.4 is 15.5 Å². The van der Waals surface area contributed by atoms with Crippen molar-refractivity contribution in [1.29, 1.82) is 0 Å². The SMILES string of the molecule is O=C(Cc1ccccc1)Nc1nnc(N2CCN(Cc3cccc(C(=O)NCCN4CCCCC4)c3)CC2)s1. The van der Waals surface area contributed by atoms with E-state index < -0.39 is 0 Å². The lowest BCUT2D eigenvalue weighted by molar-refractivity contribution is -0.115. The first kappa shape index (κ1) is 27.2. The van der Waals surface area contributed by atoms with Crippen molar-refractivity contribution in [2.75, 3.05) is 62.6 Å². The quantitative estimate of drug-likeness (QED) is 0.403. The number of piperazine rings is 1. The van der Waals surface area contributed by atoms with Crippen molar-refractivity contribution in [3.05, 3.63) is 71.3 Å². The molecule has 2 aliphatic rings. The van der Waals surface area contributed by atoms with Gasteiger partial charge in [0.15, 0.2) is 0 Å². The van der Waals surface area contributed by atoms with E-state index in [2.05, 4.69) is 41.6 Å². The summed E-state index contributed by atoms with van der Waals surface area (Å²) in [6, 6.07) is 17.6. The Balaban J connectivity index is 1.05. The van der Waals surface area contributed by atoms with Gasteiger partial charge in [-0.1, -0.05) is 60.2 Å². The van der Waals surface area contributed by atoms with Gasteiger partial charge in [0, 0.05) is 51.4 Å². The highest BCUT2D eigenvalue weighted by atomic mass is 32.1. The van der Waals surface area contributed by atoms with Crippen LogP contribution in [0.3, 0.4) is 0 Å². The van der Waals surface area contributed by atoms with E-state index in [1.165, 1.54) is 30.6 Å². The van der Waals surface area contributed by atoms with Gasteiger partial charge in [-0.05, 0) is 49.2 Å². The minimum Gasteiger partial charge on any atom is -0.351 e. The molecule has 0 radical (unpaired) electrons. The number of rotatable bonds is 10. The maximum atomic E-state index is 12.7. The van der Waals surface area contributed by atoms with E-state index in [0.29, 0.717) is 18.1 Å². The van der Waals surface area contributed by atoms with Gasteiger partial charge in [0.05, 0.1) is 6.42 Å². The Morgan fingerprint density at radius 3 is 2.38 bits per heavy atom. The second kappa shape index (κ2) is 13.6. The van der Waals surface area contributed by atoms with Crippen LogP contribution in [0.15, 0.2) is 54.6 Å². The van der Waals surface area contributed by atoms with Crippen LogP contribution in [0.25, 0.3) is 0 Å². The molecule has 9 nitrogen and oxygen atoms in total. The van der Waals surface area contributed by atoms with E-state index in [9.17, 15) is 9.59 Å². The van der Waals surface area contributed by atoms with E-state index in [1.807, 2.05) is 48.5 Å². The molecule has 206 valence electrons. The molecule has 3 heterocycles. The van der Waals surface area contributed by atoms with Crippen LogP contribution in [0, 0.1) is 0 Å². The summed E-state index contributed by atoms with van der Waals surface area (Å²) in [6.45, 7) is 8.16. The number of nitrogens with one attached hydrogen (secondary N) is 2. The molecule has 2 saturated heterocycles. The van der Waals surface area contributed by atoms with Gasteiger partial charge >= 0.3 is 0 Å². The van der Waals surface area contributed by atoms with Gasteiger partial charge in [0.1, 0.15) is 0 Å². The van der Waals surface area contributed by atoms with Crippen LogP contribution in [0.2, 0.25) is 0 Å². The number of benzene rings is 2. The van der Waals surface area contributed by atoms with Crippen LogP contribution in [0.4, 0.5) is 10.3 Å². The van der Waals surface area contributed by atoms with Crippen molar-refractivity contribution < 1.29 is 9.59 Å². The Hall–Kier alpha value is -3.34. The lowest BCUT2D eigenvalue weighted by atomic mass is 10.1. The van der Waals surface area contributed by atoms with Gasteiger partial charge in [0.25, 0.3) is 5.91 Å². The van der Waals surface area contributed by atoms with Crippen LogP contribution in [-0.4, -0.2) is 84.2 Å². The zero-order chi connectivity index (χ0) is 26.9. The Morgan fingerprint density at radius 2 is 1.59 bits per heavy atom. The molecule has 2 aromatic carbocycles. The zero-order valence-electron chi connectivity index (χ0n) is 22.3. The maximum absolute atomic E-state index is 12.7. The van der Waals surface area contributed by atoms with E-state index in [4.69, 9.17) is 0 Å². The number of likely N-dealkylation sites (tertiary alicyclic amines) is 1. The summed E-state index contributed by atoms with van der Waals surface area (Å²) < 4.78 is 0. The predicted molar refractivity (Wildman–Crippen MR) is 155 cm³/mol. The Morgan fingerprint density at radius 1 is 0.821 bits per heavy atom. The van der Waals surface area contributed by atoms with Crippen LogP contribution in [0.1, 0.15) is 40.7 Å². The van der Waals surface area contributed by atoms with Gasteiger partial charge in [-0.3, -0.25) is 14.5 Å². The average Bonchev–Trinajstić information content (AvgIpc) is 3.43. The van der Waals surface area contributed by atoms with Crippen molar-refractivity contribution in [3.63, 3.8) is 0 Å². The molecule has 0 unspecified atom stereocenters. The van der Waals surface area contributed by atoms with Crippen molar-refractivity contribution in [1.82, 2.24) is 25.3 Å². The zero-order valence-corrected chi connectivity index (χ0v) is 23.2. The number of anilines is 2. The monoisotopic (exact) mass is 547 g/mol. The molecule has 0 atom stereocenters. The third-order valence-corrected chi connectivity index (χ3v) is 8.17. The summed E-state index contributed by atoms with van der Waals surface area (Å²) in [5.41, 5.74) is 2.84. The summed E-state index contributed by atoms with van der Waals surface area (Å²) in [5.74, 6) is -0.0896. The fraction of sp³-hybridized carbons (Fsp3) is 0.448. The first-order valence-corrected chi connectivity index (χ1v) is 14.7. The number of hydrogen-bond acceptors (Lipinski definition) is 8. The lowest BCUT2D eigenvalue weighted by Gasteiger charge is -2.34. The molecule has 2 aliphatic heterocycles. The summed E-state index contributed by atoms with van der Waals surface area (Å²) in [4.78, 5) is 32.1. The first-order valence-electron chi connectivity index (χ1n) is 13.9. The van der Waals surface area contributed by atoms with Gasteiger partial charge in [0.2, 0.25) is 16.2 Å².